The Labute approximate surface area is 120 Å². The van der Waals surface area contributed by atoms with Gasteiger partial charge in [0.15, 0.2) is 5.78 Å². The van der Waals surface area contributed by atoms with E-state index in [9.17, 15) is 4.79 Å². The van der Waals surface area contributed by atoms with Crippen LogP contribution in [0.3, 0.4) is 0 Å². The van der Waals surface area contributed by atoms with Gasteiger partial charge in [-0.15, -0.1) is 0 Å². The zero-order chi connectivity index (χ0) is 14.5. The minimum atomic E-state index is 0.0163. The lowest BCUT2D eigenvalue weighted by molar-refractivity contribution is 0.104. The molecule has 0 aromatic heterocycles. The van der Waals surface area contributed by atoms with E-state index in [2.05, 4.69) is 5.32 Å². The van der Waals surface area contributed by atoms with Crippen LogP contribution in [0.5, 0.6) is 0 Å². The Morgan fingerprint density at radius 3 is 2.35 bits per heavy atom. The average Bonchev–Trinajstić information content (AvgIpc) is 2.39. The van der Waals surface area contributed by atoms with Gasteiger partial charge in [-0.05, 0) is 38.5 Å². The number of anilines is 1. The van der Waals surface area contributed by atoms with Crippen molar-refractivity contribution in [1.29, 1.82) is 0 Å². The SMILES string of the molecule is C/C(=C\C(=O)c1ccc(C)cc1)Nc1cccc(C)c1. The number of nitrogens with one attached hydrogen (secondary N) is 1. The van der Waals surface area contributed by atoms with E-state index in [0.717, 1.165) is 16.9 Å². The number of carbonyl (C=O) groups excluding carboxylic acids is 1. The molecule has 1 N–H and O–H groups in total. The smallest absolute Gasteiger partial charge is 0.187 e. The molecule has 2 aromatic carbocycles. The molecule has 0 saturated carbocycles. The Morgan fingerprint density at radius 2 is 1.70 bits per heavy atom. The summed E-state index contributed by atoms with van der Waals surface area (Å²) in [5.41, 5.74) is 4.88. The van der Waals surface area contributed by atoms with Crippen LogP contribution in [0.2, 0.25) is 0 Å². The summed E-state index contributed by atoms with van der Waals surface area (Å²) in [4.78, 5) is 12.1. The van der Waals surface area contributed by atoms with Crippen LogP contribution in [0.1, 0.15) is 28.4 Å². The number of rotatable bonds is 4. The highest BCUT2D eigenvalue weighted by molar-refractivity contribution is 6.05. The van der Waals surface area contributed by atoms with Crippen LogP contribution in [-0.4, -0.2) is 5.78 Å². The first-order valence-electron chi connectivity index (χ1n) is 6.67. The summed E-state index contributed by atoms with van der Waals surface area (Å²) in [5, 5.41) is 3.24. The van der Waals surface area contributed by atoms with Crippen molar-refractivity contribution in [2.75, 3.05) is 5.32 Å². The quantitative estimate of drug-likeness (QED) is 0.651. The predicted molar refractivity (Wildman–Crippen MR) is 84.1 cm³/mol. The first-order valence-corrected chi connectivity index (χ1v) is 6.67. The Balaban J connectivity index is 2.10. The molecule has 0 saturated heterocycles. The van der Waals surface area contributed by atoms with Crippen LogP contribution >= 0.6 is 0 Å². The number of hydrogen-bond acceptors (Lipinski definition) is 2. The lowest BCUT2D eigenvalue weighted by Crippen LogP contribution is -2.01. The Morgan fingerprint density at radius 1 is 1.00 bits per heavy atom. The third kappa shape index (κ3) is 3.82. The molecular weight excluding hydrogens is 246 g/mol. The fourth-order valence-electron chi connectivity index (χ4n) is 1.98. The van der Waals surface area contributed by atoms with E-state index in [1.807, 2.05) is 69.3 Å². The Bertz CT molecular complexity index is 639. The summed E-state index contributed by atoms with van der Waals surface area (Å²) in [6.07, 6.45) is 1.63. The predicted octanol–water partition coefficient (Wildman–Crippen LogP) is 4.50. The Hall–Kier alpha value is -2.35. The van der Waals surface area contributed by atoms with E-state index in [1.165, 1.54) is 5.56 Å². The molecule has 0 aliphatic carbocycles. The monoisotopic (exact) mass is 265 g/mol. The van der Waals surface area contributed by atoms with Gasteiger partial charge in [0, 0.05) is 23.0 Å². The van der Waals surface area contributed by atoms with Crippen molar-refractivity contribution in [3.63, 3.8) is 0 Å². The number of carbonyl (C=O) groups is 1. The van der Waals surface area contributed by atoms with Crippen LogP contribution in [0.15, 0.2) is 60.3 Å². The summed E-state index contributed by atoms with van der Waals surface area (Å²) in [6.45, 7) is 5.95. The second kappa shape index (κ2) is 6.20. The molecule has 0 bridgehead atoms. The van der Waals surface area contributed by atoms with Gasteiger partial charge in [-0.2, -0.15) is 0 Å². The maximum Gasteiger partial charge on any atom is 0.187 e. The topological polar surface area (TPSA) is 29.1 Å². The van der Waals surface area contributed by atoms with Crippen molar-refractivity contribution in [3.05, 3.63) is 77.0 Å². The van der Waals surface area contributed by atoms with Gasteiger partial charge in [-0.3, -0.25) is 4.79 Å². The molecule has 2 rings (SSSR count). The van der Waals surface area contributed by atoms with Gasteiger partial charge in [0.25, 0.3) is 0 Å². The summed E-state index contributed by atoms with van der Waals surface area (Å²) < 4.78 is 0. The van der Waals surface area contributed by atoms with Crippen molar-refractivity contribution in [1.82, 2.24) is 0 Å². The van der Waals surface area contributed by atoms with Crippen molar-refractivity contribution >= 4 is 11.5 Å². The lowest BCUT2D eigenvalue weighted by Gasteiger charge is -2.07. The van der Waals surface area contributed by atoms with E-state index >= 15 is 0 Å². The average molecular weight is 265 g/mol. The highest BCUT2D eigenvalue weighted by Gasteiger charge is 2.03. The standard InChI is InChI=1S/C18H19NO/c1-13-7-9-16(10-8-13)18(20)12-15(3)19-17-6-4-5-14(2)11-17/h4-12,19H,1-3H3/b15-12+. The molecule has 20 heavy (non-hydrogen) atoms. The molecular formula is C18H19NO. The number of hydrogen-bond donors (Lipinski definition) is 1. The summed E-state index contributed by atoms with van der Waals surface area (Å²) in [5.74, 6) is 0.0163. The van der Waals surface area contributed by atoms with E-state index in [-0.39, 0.29) is 5.78 Å². The van der Waals surface area contributed by atoms with Crippen LogP contribution in [0.4, 0.5) is 5.69 Å². The molecule has 0 aliphatic heterocycles. The van der Waals surface area contributed by atoms with Crippen molar-refractivity contribution < 1.29 is 4.79 Å². The zero-order valence-electron chi connectivity index (χ0n) is 12.1. The number of benzene rings is 2. The lowest BCUT2D eigenvalue weighted by atomic mass is 10.1. The van der Waals surface area contributed by atoms with Gasteiger partial charge in [0.05, 0.1) is 0 Å². The minimum absolute atomic E-state index is 0.0163. The zero-order valence-corrected chi connectivity index (χ0v) is 12.1. The second-order valence-corrected chi connectivity index (χ2v) is 5.05. The Kier molecular flexibility index (Phi) is 4.36. The molecule has 0 aliphatic rings. The number of ketones is 1. The molecule has 0 amide bonds. The third-order valence-corrected chi connectivity index (χ3v) is 3.04. The number of allylic oxidation sites excluding steroid dienone is 2. The van der Waals surface area contributed by atoms with E-state index in [4.69, 9.17) is 0 Å². The van der Waals surface area contributed by atoms with E-state index in [0.29, 0.717) is 5.56 Å². The molecule has 2 nitrogen and oxygen atoms in total. The normalized spacial score (nSPS) is 11.2. The van der Waals surface area contributed by atoms with Crippen molar-refractivity contribution in [2.45, 2.75) is 20.8 Å². The van der Waals surface area contributed by atoms with Gasteiger partial charge >= 0.3 is 0 Å². The fourth-order valence-corrected chi connectivity index (χ4v) is 1.98. The first kappa shape index (κ1) is 14.1. The summed E-state index contributed by atoms with van der Waals surface area (Å²) in [7, 11) is 0. The van der Waals surface area contributed by atoms with Crippen LogP contribution in [-0.2, 0) is 0 Å². The molecule has 0 unspecified atom stereocenters. The van der Waals surface area contributed by atoms with Crippen LogP contribution < -0.4 is 5.32 Å². The van der Waals surface area contributed by atoms with Gasteiger partial charge in [-0.1, -0.05) is 42.0 Å². The van der Waals surface area contributed by atoms with Gasteiger partial charge < -0.3 is 5.32 Å². The molecule has 2 aromatic rings. The highest BCUT2D eigenvalue weighted by Crippen LogP contribution is 2.13. The van der Waals surface area contributed by atoms with Crippen LogP contribution in [0.25, 0.3) is 0 Å². The second-order valence-electron chi connectivity index (χ2n) is 5.05. The molecule has 0 heterocycles. The molecule has 0 atom stereocenters. The van der Waals surface area contributed by atoms with Gasteiger partial charge in [0.1, 0.15) is 0 Å². The number of aryl methyl sites for hydroxylation is 2. The fraction of sp³-hybridized carbons (Fsp3) is 0.167. The maximum atomic E-state index is 12.1. The molecule has 0 fully saturated rings. The van der Waals surface area contributed by atoms with E-state index in [1.54, 1.807) is 6.08 Å². The van der Waals surface area contributed by atoms with Crippen molar-refractivity contribution in [2.24, 2.45) is 0 Å². The molecule has 102 valence electrons. The van der Waals surface area contributed by atoms with Gasteiger partial charge in [-0.25, -0.2) is 0 Å². The van der Waals surface area contributed by atoms with Crippen molar-refractivity contribution in [3.8, 4) is 0 Å². The summed E-state index contributed by atoms with van der Waals surface area (Å²) >= 11 is 0. The maximum absolute atomic E-state index is 12.1. The summed E-state index contributed by atoms with van der Waals surface area (Å²) in [6, 6.07) is 15.7. The molecule has 0 spiro atoms. The minimum Gasteiger partial charge on any atom is -0.359 e. The molecule has 2 heteroatoms. The first-order chi connectivity index (χ1) is 9.54. The largest absolute Gasteiger partial charge is 0.359 e. The molecule has 0 radical (unpaired) electrons. The third-order valence-electron chi connectivity index (χ3n) is 3.04. The van der Waals surface area contributed by atoms with Gasteiger partial charge in [0.2, 0.25) is 0 Å². The van der Waals surface area contributed by atoms with Crippen LogP contribution in [0, 0.1) is 13.8 Å². The highest BCUT2D eigenvalue weighted by atomic mass is 16.1. The van der Waals surface area contributed by atoms with E-state index < -0.39 is 0 Å².